The van der Waals surface area contributed by atoms with Gasteiger partial charge in [0.15, 0.2) is 0 Å². The van der Waals surface area contributed by atoms with Gasteiger partial charge in [0, 0.05) is 19.3 Å². The lowest BCUT2D eigenvalue weighted by Gasteiger charge is -2.51. The summed E-state index contributed by atoms with van der Waals surface area (Å²) in [4.78, 5) is 24.7. The van der Waals surface area contributed by atoms with Crippen LogP contribution < -0.4 is 5.32 Å². The predicted octanol–water partition coefficient (Wildman–Crippen LogP) is 15.3. The molecular weight excluding hydrogens is 1180 g/mol. The van der Waals surface area contributed by atoms with Crippen LogP contribution in [0.15, 0.2) is 212 Å². The van der Waals surface area contributed by atoms with Gasteiger partial charge >= 0.3 is 0 Å². The van der Waals surface area contributed by atoms with Gasteiger partial charge in [0.1, 0.15) is 30.7 Å². The molecular formula is C81H99NO12. The fourth-order valence-corrected chi connectivity index (χ4v) is 13.8. The van der Waals surface area contributed by atoms with Crippen molar-refractivity contribution in [2.24, 2.45) is 11.8 Å². The topological polar surface area (TPSA) is 138 Å². The molecule has 0 aliphatic carbocycles. The van der Waals surface area contributed by atoms with E-state index >= 15 is 0 Å². The lowest BCUT2D eigenvalue weighted by Crippen LogP contribution is -2.63. The zero-order chi connectivity index (χ0) is 64.8. The Hall–Kier alpha value is -6.72. The van der Waals surface area contributed by atoms with E-state index in [1.54, 1.807) is 6.92 Å². The lowest BCUT2D eigenvalue weighted by atomic mass is 9.75. The highest BCUT2D eigenvalue weighted by atomic mass is 16.6. The average Bonchev–Trinajstić information content (AvgIpc) is 0.800. The molecule has 0 radical (unpaired) electrons. The number of carbonyl (C=O) groups is 2. The number of hydrogen-bond acceptors (Lipinski definition) is 12. The summed E-state index contributed by atoms with van der Waals surface area (Å²) in [6, 6.07) is 71.4. The minimum Gasteiger partial charge on any atom is -0.374 e. The summed E-state index contributed by atoms with van der Waals surface area (Å²) < 4.78 is 72.1. The van der Waals surface area contributed by atoms with Crippen LogP contribution in [-0.4, -0.2) is 98.6 Å². The van der Waals surface area contributed by atoms with Crippen molar-refractivity contribution in [2.45, 2.75) is 210 Å². The van der Waals surface area contributed by atoms with Gasteiger partial charge in [-0.25, -0.2) is 0 Å². The first-order valence-corrected chi connectivity index (χ1v) is 34.5. The van der Waals surface area contributed by atoms with Crippen LogP contribution in [0.4, 0.5) is 0 Å². The van der Waals surface area contributed by atoms with E-state index < -0.39 is 61.0 Å². The fourth-order valence-electron chi connectivity index (χ4n) is 13.8. The summed E-state index contributed by atoms with van der Waals surface area (Å²) in [7, 11) is 0. The molecule has 3 fully saturated rings. The molecule has 13 nitrogen and oxygen atoms in total. The number of amides is 1. The van der Waals surface area contributed by atoms with E-state index in [1.165, 1.54) is 0 Å². The maximum absolute atomic E-state index is 13.8. The first-order valence-electron chi connectivity index (χ1n) is 34.5. The molecule has 7 aromatic rings. The van der Waals surface area contributed by atoms with Crippen molar-refractivity contribution >= 4 is 12.2 Å². The molecule has 1 N–H and O–H groups in total. The van der Waals surface area contributed by atoms with Gasteiger partial charge in [-0.2, -0.15) is 0 Å². The smallest absolute Gasteiger partial charge is 0.217 e. The molecule has 7 aromatic carbocycles. The number of ether oxygens (including phenoxy) is 10. The van der Waals surface area contributed by atoms with E-state index in [-0.39, 0.29) is 43.2 Å². The Kier molecular flexibility index (Phi) is 28.9. The Morgan fingerprint density at radius 2 is 0.809 bits per heavy atom. The Bertz CT molecular complexity index is 3170. The minimum absolute atomic E-state index is 0.152. The van der Waals surface area contributed by atoms with Gasteiger partial charge in [0.05, 0.1) is 108 Å². The molecule has 0 spiro atoms. The molecule has 500 valence electrons. The van der Waals surface area contributed by atoms with E-state index in [0.717, 1.165) is 96.6 Å². The monoisotopic (exact) mass is 1280 g/mol. The molecule has 14 atom stereocenters. The van der Waals surface area contributed by atoms with Gasteiger partial charge in [-0.05, 0) is 83.9 Å². The zero-order valence-electron chi connectivity index (χ0n) is 55.1. The van der Waals surface area contributed by atoms with Crippen molar-refractivity contribution < 1.29 is 57.0 Å². The van der Waals surface area contributed by atoms with Crippen molar-refractivity contribution in [3.8, 4) is 0 Å². The number of rotatable bonds is 38. The van der Waals surface area contributed by atoms with Crippen molar-refractivity contribution in [1.82, 2.24) is 5.32 Å². The maximum Gasteiger partial charge on any atom is 0.217 e. The SMILES string of the molecule is CC(=O)N[C@@H]1[C@@H](OCc2ccccc2)[C@H](C[C@@H]2O[C@H](COCc3ccccc3)[C@H](OCc3ccccc3)C[C@H]2C[C@@H]2O[C@@H](C)[C@@H](OCc3ccccc3)[C@@H](OCc3ccccc3)[C@@H]2OCc2ccccc2)[C@@H](COCc2ccccc2)O[C@H]1CCCCCCCCCC=O. The molecule has 3 aliphatic heterocycles. The normalized spacial score (nSPS) is 25.3. The van der Waals surface area contributed by atoms with Crippen molar-refractivity contribution in [3.05, 3.63) is 251 Å². The Balaban J connectivity index is 1.03. The first-order chi connectivity index (χ1) is 46.3. The maximum atomic E-state index is 13.8. The molecule has 13 heteroatoms. The van der Waals surface area contributed by atoms with Gasteiger partial charge in [0.2, 0.25) is 5.91 Å². The number of benzene rings is 7. The number of hydrogen-bond donors (Lipinski definition) is 1. The molecule has 3 heterocycles. The molecule has 94 heavy (non-hydrogen) atoms. The summed E-state index contributed by atoms with van der Waals surface area (Å²) in [5.41, 5.74) is 7.34. The van der Waals surface area contributed by atoms with Crippen LogP contribution in [0.1, 0.15) is 130 Å². The van der Waals surface area contributed by atoms with Crippen LogP contribution in [0.25, 0.3) is 0 Å². The second-order valence-corrected chi connectivity index (χ2v) is 25.8. The van der Waals surface area contributed by atoms with Gasteiger partial charge < -0.3 is 57.5 Å². The third-order valence-corrected chi connectivity index (χ3v) is 18.7. The third-order valence-electron chi connectivity index (χ3n) is 18.7. The van der Waals surface area contributed by atoms with Gasteiger partial charge in [-0.15, -0.1) is 0 Å². The standard InChI is InChI=1S/C81H99NO12/c1-60-78(88-54-65-38-22-12-23-39-65)81(91-57-68-44-28-15-29-45-68)80(90-56-67-42-26-14-27-43-67)74(92-60)49-69-48-73(87-53-64-36-20-11-21-37-64)76(59-86-52-63-34-18-10-19-35-63)94-72(69)50-70-75(58-85-51-62-32-16-9-17-33-62)93-71(46-30-7-5-3-4-6-8-31-47-83)77(82-61(2)84)79(70)89-55-66-40-24-13-25-41-66/h9-29,32-45,47,60,69-81H,3-8,30-31,46,48-59H2,1-2H3,(H,82,84)/t60-,69-,70+,71-,72-,73+,74-,75+,76+,77-,78+,79-,80+,81+/m0/s1. The van der Waals surface area contributed by atoms with E-state index in [9.17, 15) is 9.59 Å². The zero-order valence-corrected chi connectivity index (χ0v) is 55.1. The average molecular weight is 1280 g/mol. The number of aldehydes is 1. The quantitative estimate of drug-likeness (QED) is 0.0291. The molecule has 0 saturated carbocycles. The summed E-state index contributed by atoms with van der Waals surface area (Å²) in [6.45, 7) is 6.77. The van der Waals surface area contributed by atoms with Gasteiger partial charge in [-0.1, -0.05) is 251 Å². The second kappa shape index (κ2) is 38.7. The minimum atomic E-state index is -0.594. The fraction of sp³-hybridized carbons (Fsp3) is 0.457. The Morgan fingerprint density at radius 1 is 0.415 bits per heavy atom. The number of nitrogens with one attached hydrogen (secondary N) is 1. The van der Waals surface area contributed by atoms with Gasteiger partial charge in [0.25, 0.3) is 0 Å². The van der Waals surface area contributed by atoms with E-state index in [4.69, 9.17) is 47.4 Å². The molecule has 10 rings (SSSR count). The summed E-state index contributed by atoms with van der Waals surface area (Å²) in [6.07, 6.45) is 5.92. The molecule has 3 saturated heterocycles. The lowest BCUT2D eigenvalue weighted by molar-refractivity contribution is -0.270. The Labute approximate surface area is 558 Å². The summed E-state index contributed by atoms with van der Waals surface area (Å²) in [5.74, 6) is -0.701. The van der Waals surface area contributed by atoms with Crippen LogP contribution in [0.5, 0.6) is 0 Å². The summed E-state index contributed by atoms with van der Waals surface area (Å²) in [5, 5.41) is 3.43. The van der Waals surface area contributed by atoms with Gasteiger partial charge in [-0.3, -0.25) is 4.79 Å². The van der Waals surface area contributed by atoms with Crippen LogP contribution in [-0.2, 0) is 103 Å². The third kappa shape index (κ3) is 22.2. The number of carbonyl (C=O) groups excluding carboxylic acids is 2. The van der Waals surface area contributed by atoms with Crippen molar-refractivity contribution in [1.29, 1.82) is 0 Å². The Morgan fingerprint density at radius 3 is 1.28 bits per heavy atom. The largest absolute Gasteiger partial charge is 0.374 e. The highest BCUT2D eigenvalue weighted by molar-refractivity contribution is 5.73. The first kappa shape index (κ1) is 70.1. The summed E-state index contributed by atoms with van der Waals surface area (Å²) >= 11 is 0. The molecule has 0 unspecified atom stereocenters. The van der Waals surface area contributed by atoms with Crippen LogP contribution in [0.3, 0.4) is 0 Å². The highest BCUT2D eigenvalue weighted by Crippen LogP contribution is 2.43. The predicted molar refractivity (Wildman–Crippen MR) is 365 cm³/mol. The van der Waals surface area contributed by atoms with Crippen LogP contribution >= 0.6 is 0 Å². The highest BCUT2D eigenvalue weighted by Gasteiger charge is 2.53. The molecule has 1 amide bonds. The van der Waals surface area contributed by atoms with Crippen molar-refractivity contribution in [2.75, 3.05) is 13.2 Å². The second-order valence-electron chi connectivity index (χ2n) is 25.8. The molecule has 0 aromatic heterocycles. The van der Waals surface area contributed by atoms with E-state index in [0.29, 0.717) is 71.9 Å². The van der Waals surface area contributed by atoms with Crippen LogP contribution in [0.2, 0.25) is 0 Å². The van der Waals surface area contributed by atoms with Crippen LogP contribution in [0, 0.1) is 11.8 Å². The van der Waals surface area contributed by atoms with E-state index in [2.05, 4.69) is 97.2 Å². The molecule has 3 aliphatic rings. The molecule has 0 bridgehead atoms. The number of unbranched alkanes of at least 4 members (excludes halogenated alkanes) is 7. The van der Waals surface area contributed by atoms with Crippen molar-refractivity contribution in [3.63, 3.8) is 0 Å². The van der Waals surface area contributed by atoms with E-state index in [1.807, 2.05) is 127 Å².